The molecule has 8 amide bonds. The lowest BCUT2D eigenvalue weighted by Crippen LogP contribution is -2.48. The molecule has 0 aliphatic carbocycles. The van der Waals surface area contributed by atoms with Gasteiger partial charge in [-0.1, -0.05) is 15.3 Å². The minimum atomic E-state index is -0.964. The number of carbonyl (C=O) groups excluding carboxylic acids is 9. The zero-order valence-electron chi connectivity index (χ0n) is 65.8. The Bertz CT molecular complexity index is 2690. The Morgan fingerprint density at radius 3 is 0.807 bits per heavy atom. The van der Waals surface area contributed by atoms with E-state index in [1.807, 2.05) is 0 Å². The summed E-state index contributed by atoms with van der Waals surface area (Å²) in [7, 11) is 1.20. The molecule has 0 saturated carbocycles. The Balaban J connectivity index is 4.54. The van der Waals surface area contributed by atoms with E-state index in [2.05, 4.69) is 89.2 Å². The van der Waals surface area contributed by atoms with Gasteiger partial charge in [0.25, 0.3) is 6.72 Å². The van der Waals surface area contributed by atoms with Crippen LogP contribution >= 0.6 is 0 Å². The summed E-state index contributed by atoms with van der Waals surface area (Å²) in [5.41, 5.74) is 24.9. The molecule has 652 valence electrons. The predicted molar refractivity (Wildman–Crippen MR) is 401 cm³/mol. The molecule has 8 N–H and O–H groups in total. The first-order valence-corrected chi connectivity index (χ1v) is 37.7. The number of carbonyl (C=O) groups is 9. The molecule has 47 heteroatoms. The summed E-state index contributed by atoms with van der Waals surface area (Å²) in [6.45, 7) is 10.3. The van der Waals surface area contributed by atoms with E-state index in [-0.39, 0.29) is 288 Å². The van der Waals surface area contributed by atoms with E-state index < -0.39 is 53.6 Å². The number of azide groups is 3. The van der Waals surface area contributed by atoms with Gasteiger partial charge in [-0.25, -0.2) is 4.79 Å². The molecule has 0 radical (unpaired) electrons. The summed E-state index contributed by atoms with van der Waals surface area (Å²) >= 11 is 0. The fourth-order valence-electron chi connectivity index (χ4n) is 8.72. The van der Waals surface area contributed by atoms with Crippen LogP contribution in [0.3, 0.4) is 0 Å². The second-order valence-corrected chi connectivity index (χ2v) is 23.2. The maximum Gasteiger partial charge on any atom is 0.328 e. The molecule has 0 spiro atoms. The normalized spacial score (nSPS) is 11.6. The molecular formula is C67H122N19O28+. The zero-order chi connectivity index (χ0) is 83.2. The minimum absolute atomic E-state index is 0.0541. The van der Waals surface area contributed by atoms with Crippen LogP contribution in [0.1, 0.15) is 51.4 Å². The summed E-state index contributed by atoms with van der Waals surface area (Å²) in [5.74, 6) is -4.26. The van der Waals surface area contributed by atoms with Crippen LogP contribution in [-0.4, -0.2) is 387 Å². The average molecular weight is 1640 g/mol. The van der Waals surface area contributed by atoms with E-state index >= 15 is 0 Å². The van der Waals surface area contributed by atoms with E-state index in [0.29, 0.717) is 78.2 Å². The number of rotatable bonds is 86. The third-order valence-electron chi connectivity index (χ3n) is 14.2. The van der Waals surface area contributed by atoms with E-state index in [4.69, 9.17) is 107 Å². The molecule has 0 aliphatic heterocycles. The largest absolute Gasteiger partial charge is 0.467 e. The van der Waals surface area contributed by atoms with Crippen molar-refractivity contribution in [1.29, 1.82) is 0 Å². The fraction of sp³-hybridized carbons (Fsp3) is 0.851. The van der Waals surface area contributed by atoms with Gasteiger partial charge >= 0.3 is 5.97 Å². The molecule has 0 heterocycles. The molecule has 0 aliphatic rings. The van der Waals surface area contributed by atoms with E-state index in [0.717, 1.165) is 0 Å². The molecule has 0 aromatic heterocycles. The van der Waals surface area contributed by atoms with Gasteiger partial charge in [0.1, 0.15) is 64.3 Å². The molecule has 0 aromatic rings. The third-order valence-corrected chi connectivity index (χ3v) is 14.2. The number of methoxy groups -OCH3 is 1. The van der Waals surface area contributed by atoms with Crippen molar-refractivity contribution >= 4 is 59.9 Å². The number of unbranched alkanes of at least 4 members (excludes halogenated alkanes) is 2. The minimum Gasteiger partial charge on any atom is -0.467 e. The SMILES string of the molecule is C=[N+]=NCCOCCOCCOCC(=O)NCCCCC(NC(=O)COCCOCCOCCN=[N+]=[N-])C(=O)NCCOCCOCCOCC(=O)NC(CCCCNC(=O)COCCOCCOCCNC(=O)C(CCCNC(=O)COCCOCCOCCN=[N+]=[N-])NC(=O)COCCOCCOCCN=[N+]=[N-])C(=O)OC. The highest BCUT2D eigenvalue weighted by atomic mass is 16.6. The van der Waals surface area contributed by atoms with Crippen LogP contribution in [0.25, 0.3) is 31.3 Å². The number of hydrogen-bond acceptors (Lipinski definition) is 32. The molecular weight excluding hydrogens is 1520 g/mol. The van der Waals surface area contributed by atoms with Gasteiger partial charge in [-0.05, 0) is 68.0 Å². The quantitative estimate of drug-likeness (QED) is 0.00808. The molecule has 0 rings (SSSR count). The zero-order valence-corrected chi connectivity index (χ0v) is 65.8. The highest BCUT2D eigenvalue weighted by molar-refractivity contribution is 5.89. The summed E-state index contributed by atoms with van der Waals surface area (Å²) < 4.78 is 102. The highest BCUT2D eigenvalue weighted by Crippen LogP contribution is 2.05. The first-order valence-electron chi connectivity index (χ1n) is 37.7. The number of hydrogen-bond donors (Lipinski definition) is 8. The summed E-state index contributed by atoms with van der Waals surface area (Å²) in [6, 6.07) is -2.83. The van der Waals surface area contributed by atoms with Gasteiger partial charge < -0.3 is 133 Å². The molecule has 114 heavy (non-hydrogen) atoms. The lowest BCUT2D eigenvalue weighted by molar-refractivity contribution is -0.146. The molecule has 3 atom stereocenters. The van der Waals surface area contributed by atoms with Gasteiger partial charge in [0.15, 0.2) is 0 Å². The number of nitrogens with one attached hydrogen (secondary N) is 8. The highest BCUT2D eigenvalue weighted by Gasteiger charge is 2.24. The second-order valence-electron chi connectivity index (χ2n) is 23.2. The van der Waals surface area contributed by atoms with Crippen molar-refractivity contribution in [2.24, 2.45) is 20.5 Å². The second kappa shape index (κ2) is 84.2. The molecule has 47 nitrogen and oxygen atoms in total. The smallest absolute Gasteiger partial charge is 0.328 e. The van der Waals surface area contributed by atoms with E-state index in [1.54, 1.807) is 0 Å². The third kappa shape index (κ3) is 75.2. The van der Waals surface area contributed by atoms with Crippen molar-refractivity contribution < 1.29 is 138 Å². The molecule has 0 fully saturated rings. The van der Waals surface area contributed by atoms with Crippen molar-refractivity contribution in [3.05, 3.63) is 31.3 Å². The Labute approximate surface area is 663 Å². The first kappa shape index (κ1) is 106. The van der Waals surface area contributed by atoms with Crippen molar-refractivity contribution in [2.75, 3.05) is 304 Å². The van der Waals surface area contributed by atoms with Crippen LogP contribution in [0.5, 0.6) is 0 Å². The van der Waals surface area contributed by atoms with Crippen LogP contribution in [-0.2, 0) is 133 Å². The Hall–Kier alpha value is -8.18. The molecule has 0 bridgehead atoms. The Kier molecular flexibility index (Phi) is 78.2. The maximum absolute atomic E-state index is 13.2. The molecule has 3 unspecified atom stereocenters. The number of esters is 1. The molecule has 0 aromatic carbocycles. The Morgan fingerprint density at radius 2 is 0.518 bits per heavy atom. The van der Waals surface area contributed by atoms with E-state index in [1.165, 1.54) is 7.11 Å². The average Bonchev–Trinajstić information content (AvgIpc) is 0.933. The maximum atomic E-state index is 13.2. The fourth-order valence-corrected chi connectivity index (χ4v) is 8.72. The number of nitrogens with zero attached hydrogens (tertiary/aromatic N) is 11. The van der Waals surface area contributed by atoms with Crippen LogP contribution in [0.2, 0.25) is 0 Å². The summed E-state index contributed by atoms with van der Waals surface area (Å²) in [4.78, 5) is 125. The van der Waals surface area contributed by atoms with Crippen molar-refractivity contribution in [1.82, 2.24) is 42.5 Å². The van der Waals surface area contributed by atoms with Crippen LogP contribution < -0.4 is 42.5 Å². The first-order chi connectivity index (χ1) is 55.8. The van der Waals surface area contributed by atoms with Gasteiger partial charge in [-0.2, -0.15) is 0 Å². The topological polar surface area (TPSA) is 598 Å². The monoisotopic (exact) mass is 1640 g/mol. The van der Waals surface area contributed by atoms with Crippen LogP contribution in [0.15, 0.2) is 20.5 Å². The number of amides is 8. The standard InChI is InChI=1S/C67H121N19O28/c1-71-77-16-22-99-28-34-105-39-45-110-50-59(87)72-11-5-3-8-56(81-62(90)53-112-47-41-107-36-30-101-24-18-79-85-69)65(93)75-14-20-97-27-33-104-43-49-114-55-64(92)83-58(67(95)96-2)9-4-6-12-73-60(88)51-109-44-38-103-32-26-98-21-15-76-66(94)57(82-63(91)54-113-48-42-108-37-31-102-25-19-80-86-70)10-7-13-74-61(89)52-111-46-40-106-35-29-100-23-17-78-84-68/h56-58H,1,3-55H2,2H3,(H7-,72,73,74,75,76,81,82,83,87,88,89,90,91,92,93,94)/p+1. The summed E-state index contributed by atoms with van der Waals surface area (Å²) in [6.07, 6.45) is 2.90. The summed E-state index contributed by atoms with van der Waals surface area (Å²) in [5, 5.41) is 35.5. The lowest BCUT2D eigenvalue weighted by atomic mass is 10.1. The van der Waals surface area contributed by atoms with Crippen LogP contribution in [0.4, 0.5) is 0 Å². The van der Waals surface area contributed by atoms with Crippen molar-refractivity contribution in [3.63, 3.8) is 0 Å². The van der Waals surface area contributed by atoms with Gasteiger partial charge in [-0.3, -0.25) is 38.4 Å². The van der Waals surface area contributed by atoms with Gasteiger partial charge in [0, 0.05) is 71.9 Å². The molecule has 0 saturated heterocycles. The predicted octanol–water partition coefficient (Wildman–Crippen LogP) is -2.09. The lowest BCUT2D eigenvalue weighted by Gasteiger charge is -2.19. The van der Waals surface area contributed by atoms with Crippen molar-refractivity contribution in [2.45, 2.75) is 69.5 Å². The van der Waals surface area contributed by atoms with E-state index in [9.17, 15) is 43.2 Å². The van der Waals surface area contributed by atoms with Gasteiger partial charge in [0.2, 0.25) is 47.3 Å². The van der Waals surface area contributed by atoms with Crippen LogP contribution in [0, 0.1) is 0 Å². The van der Waals surface area contributed by atoms with Gasteiger partial charge in [0.05, 0.1) is 210 Å². The Morgan fingerprint density at radius 1 is 0.281 bits per heavy atom. The van der Waals surface area contributed by atoms with Gasteiger partial charge in [-0.15, -0.1) is 0 Å². The van der Waals surface area contributed by atoms with Crippen molar-refractivity contribution in [3.8, 4) is 0 Å². The number of ether oxygens (including phenoxy) is 19.